The molecule has 0 bridgehead atoms. The SMILES string of the molecule is Cc1cccc(CCC2(NC(=S)Nc3cc(C)cc(C)c3)CCCC2)c1. The lowest BCUT2D eigenvalue weighted by molar-refractivity contribution is 0.362. The molecular formula is C23H30N2S. The normalized spacial score (nSPS) is 15.7. The van der Waals surface area contributed by atoms with Gasteiger partial charge in [-0.05, 0) is 87.5 Å². The highest BCUT2D eigenvalue weighted by Gasteiger charge is 2.34. The van der Waals surface area contributed by atoms with Crippen LogP contribution in [0.25, 0.3) is 0 Å². The Morgan fingerprint density at radius 3 is 2.31 bits per heavy atom. The van der Waals surface area contributed by atoms with Crippen LogP contribution >= 0.6 is 12.2 Å². The van der Waals surface area contributed by atoms with Crippen molar-refractivity contribution in [2.24, 2.45) is 0 Å². The summed E-state index contributed by atoms with van der Waals surface area (Å²) >= 11 is 5.66. The quantitative estimate of drug-likeness (QED) is 0.650. The molecule has 26 heavy (non-hydrogen) atoms. The van der Waals surface area contributed by atoms with Gasteiger partial charge in [0.05, 0.1) is 0 Å². The summed E-state index contributed by atoms with van der Waals surface area (Å²) in [5.74, 6) is 0. The predicted molar refractivity (Wildman–Crippen MR) is 116 cm³/mol. The van der Waals surface area contributed by atoms with Crippen LogP contribution in [0.1, 0.15) is 54.4 Å². The summed E-state index contributed by atoms with van der Waals surface area (Å²) in [6, 6.07) is 15.3. The van der Waals surface area contributed by atoms with Crippen LogP contribution < -0.4 is 10.6 Å². The van der Waals surface area contributed by atoms with Crippen LogP contribution in [0.2, 0.25) is 0 Å². The molecular weight excluding hydrogens is 336 g/mol. The van der Waals surface area contributed by atoms with E-state index in [-0.39, 0.29) is 5.54 Å². The third kappa shape index (κ3) is 5.07. The van der Waals surface area contributed by atoms with E-state index in [0.717, 1.165) is 23.6 Å². The molecule has 3 heteroatoms. The summed E-state index contributed by atoms with van der Waals surface area (Å²) in [6.07, 6.45) is 7.20. The van der Waals surface area contributed by atoms with E-state index in [1.54, 1.807) is 0 Å². The molecule has 1 fully saturated rings. The van der Waals surface area contributed by atoms with Gasteiger partial charge < -0.3 is 10.6 Å². The van der Waals surface area contributed by atoms with Gasteiger partial charge in [-0.1, -0.05) is 48.7 Å². The van der Waals surface area contributed by atoms with Gasteiger partial charge in [0.2, 0.25) is 0 Å². The number of aryl methyl sites for hydroxylation is 4. The van der Waals surface area contributed by atoms with Gasteiger partial charge in [-0.3, -0.25) is 0 Å². The van der Waals surface area contributed by atoms with Crippen molar-refractivity contribution in [3.63, 3.8) is 0 Å². The molecule has 1 saturated carbocycles. The van der Waals surface area contributed by atoms with Crippen molar-refractivity contribution < 1.29 is 0 Å². The van der Waals surface area contributed by atoms with Crippen LogP contribution in [-0.4, -0.2) is 10.7 Å². The van der Waals surface area contributed by atoms with Crippen molar-refractivity contribution in [1.29, 1.82) is 0 Å². The van der Waals surface area contributed by atoms with Gasteiger partial charge in [-0.15, -0.1) is 0 Å². The largest absolute Gasteiger partial charge is 0.357 e. The molecule has 0 spiro atoms. The number of nitrogens with one attached hydrogen (secondary N) is 2. The number of hydrogen-bond acceptors (Lipinski definition) is 1. The standard InChI is InChI=1S/C23H30N2S/c1-17-7-6-8-20(14-17)9-12-23(10-4-5-11-23)25-22(26)24-21-15-18(2)13-19(3)16-21/h6-8,13-16H,4-5,9-12H2,1-3H3,(H2,24,25,26). The number of anilines is 1. The lowest BCUT2D eigenvalue weighted by atomic mass is 9.89. The van der Waals surface area contributed by atoms with E-state index in [9.17, 15) is 0 Å². The molecule has 1 aliphatic carbocycles. The summed E-state index contributed by atoms with van der Waals surface area (Å²) in [6.45, 7) is 6.40. The molecule has 3 rings (SSSR count). The van der Waals surface area contributed by atoms with Gasteiger partial charge in [0.25, 0.3) is 0 Å². The molecule has 2 aromatic rings. The van der Waals surface area contributed by atoms with Crippen molar-refractivity contribution in [3.8, 4) is 0 Å². The Morgan fingerprint density at radius 1 is 0.962 bits per heavy atom. The van der Waals surface area contributed by atoms with E-state index in [2.05, 4.69) is 73.9 Å². The Kier molecular flexibility index (Phi) is 5.98. The van der Waals surface area contributed by atoms with E-state index < -0.39 is 0 Å². The minimum Gasteiger partial charge on any atom is -0.357 e. The molecule has 1 aliphatic rings. The zero-order chi connectivity index (χ0) is 18.6. The van der Waals surface area contributed by atoms with E-state index in [1.165, 1.54) is 47.9 Å². The molecule has 2 nitrogen and oxygen atoms in total. The first-order chi connectivity index (χ1) is 12.4. The molecule has 2 aromatic carbocycles. The van der Waals surface area contributed by atoms with Crippen molar-refractivity contribution in [2.45, 2.75) is 64.8 Å². The number of thiocarbonyl (C=S) groups is 1. The van der Waals surface area contributed by atoms with Gasteiger partial charge in [-0.25, -0.2) is 0 Å². The van der Waals surface area contributed by atoms with E-state index >= 15 is 0 Å². The highest BCUT2D eigenvalue weighted by Crippen LogP contribution is 2.34. The highest BCUT2D eigenvalue weighted by atomic mass is 32.1. The second-order valence-corrected chi connectivity index (χ2v) is 8.34. The monoisotopic (exact) mass is 366 g/mol. The molecule has 2 N–H and O–H groups in total. The lowest BCUT2D eigenvalue weighted by Crippen LogP contribution is -2.48. The topological polar surface area (TPSA) is 24.1 Å². The molecule has 138 valence electrons. The van der Waals surface area contributed by atoms with E-state index in [0.29, 0.717) is 0 Å². The first kappa shape index (κ1) is 18.9. The van der Waals surface area contributed by atoms with Gasteiger partial charge in [0, 0.05) is 11.2 Å². The van der Waals surface area contributed by atoms with Crippen molar-refractivity contribution in [2.75, 3.05) is 5.32 Å². The molecule has 0 amide bonds. The first-order valence-electron chi connectivity index (χ1n) is 9.67. The maximum Gasteiger partial charge on any atom is 0.171 e. The summed E-state index contributed by atoms with van der Waals surface area (Å²) in [4.78, 5) is 0. The number of benzene rings is 2. The number of hydrogen-bond donors (Lipinski definition) is 2. The highest BCUT2D eigenvalue weighted by molar-refractivity contribution is 7.80. The average Bonchev–Trinajstić information content (AvgIpc) is 3.00. The van der Waals surface area contributed by atoms with Crippen LogP contribution in [0.15, 0.2) is 42.5 Å². The maximum absolute atomic E-state index is 5.66. The fraction of sp³-hybridized carbons (Fsp3) is 0.435. The summed E-state index contributed by atoms with van der Waals surface area (Å²) in [7, 11) is 0. The molecule has 0 aromatic heterocycles. The Morgan fingerprint density at radius 2 is 1.65 bits per heavy atom. The van der Waals surface area contributed by atoms with Crippen LogP contribution in [0.3, 0.4) is 0 Å². The molecule has 0 saturated heterocycles. The van der Waals surface area contributed by atoms with E-state index in [1.807, 2.05) is 0 Å². The van der Waals surface area contributed by atoms with Gasteiger partial charge in [-0.2, -0.15) is 0 Å². The summed E-state index contributed by atoms with van der Waals surface area (Å²) < 4.78 is 0. The first-order valence-corrected chi connectivity index (χ1v) is 10.1. The Hall–Kier alpha value is -1.87. The molecule has 0 unspecified atom stereocenters. The Bertz CT molecular complexity index is 755. The minimum absolute atomic E-state index is 0.132. The van der Waals surface area contributed by atoms with Crippen molar-refractivity contribution >= 4 is 23.0 Å². The molecule has 0 radical (unpaired) electrons. The molecule has 0 atom stereocenters. The minimum atomic E-state index is 0.132. The van der Waals surface area contributed by atoms with E-state index in [4.69, 9.17) is 12.2 Å². The smallest absolute Gasteiger partial charge is 0.171 e. The van der Waals surface area contributed by atoms with Crippen LogP contribution in [-0.2, 0) is 6.42 Å². The Balaban J connectivity index is 1.64. The summed E-state index contributed by atoms with van der Waals surface area (Å²) in [5.41, 5.74) is 6.48. The van der Waals surface area contributed by atoms with Crippen LogP contribution in [0, 0.1) is 20.8 Å². The molecule has 0 aliphatic heterocycles. The lowest BCUT2D eigenvalue weighted by Gasteiger charge is -2.32. The van der Waals surface area contributed by atoms with Crippen molar-refractivity contribution in [1.82, 2.24) is 5.32 Å². The van der Waals surface area contributed by atoms with Gasteiger partial charge in [0.15, 0.2) is 5.11 Å². The number of rotatable bonds is 5. The predicted octanol–water partition coefficient (Wildman–Crippen LogP) is 5.84. The average molecular weight is 367 g/mol. The fourth-order valence-electron chi connectivity index (χ4n) is 4.19. The van der Waals surface area contributed by atoms with Crippen LogP contribution in [0.4, 0.5) is 5.69 Å². The third-order valence-corrected chi connectivity index (χ3v) is 5.60. The van der Waals surface area contributed by atoms with Gasteiger partial charge >= 0.3 is 0 Å². The maximum atomic E-state index is 5.66. The second kappa shape index (κ2) is 8.22. The van der Waals surface area contributed by atoms with Crippen LogP contribution in [0.5, 0.6) is 0 Å². The van der Waals surface area contributed by atoms with Gasteiger partial charge in [0.1, 0.15) is 0 Å². The molecule has 0 heterocycles. The fourth-order valence-corrected chi connectivity index (χ4v) is 4.52. The zero-order valence-electron chi connectivity index (χ0n) is 16.2. The summed E-state index contributed by atoms with van der Waals surface area (Å²) in [5, 5.41) is 7.84. The third-order valence-electron chi connectivity index (χ3n) is 5.39. The zero-order valence-corrected chi connectivity index (χ0v) is 17.0. The second-order valence-electron chi connectivity index (χ2n) is 7.93. The van der Waals surface area contributed by atoms with Crippen molar-refractivity contribution in [3.05, 3.63) is 64.7 Å². The Labute approximate surface area is 163 Å².